The summed E-state index contributed by atoms with van der Waals surface area (Å²) in [6, 6.07) is 4.27. The van der Waals surface area contributed by atoms with E-state index < -0.39 is 0 Å². The number of nitrogens with zero attached hydrogens (tertiary/aromatic N) is 2. The standard InChI is InChI=1S/C16H24ClN3OS/c17-15-5-4-13(22-15)11-19-6-8-20(9-7-19)16(21)10-12-2-1-3-14(12)18/h4-5,12,14H,1-3,6-11,18H2/t12-,14+/m0/s1. The first-order valence-corrected chi connectivity index (χ1v) is 9.31. The van der Waals surface area contributed by atoms with Crippen LogP contribution in [-0.2, 0) is 11.3 Å². The molecule has 6 heteroatoms. The highest BCUT2D eigenvalue weighted by Crippen LogP contribution is 2.28. The number of amides is 1. The fourth-order valence-electron chi connectivity index (χ4n) is 3.48. The number of carbonyl (C=O) groups is 1. The Morgan fingerprint density at radius 3 is 2.64 bits per heavy atom. The van der Waals surface area contributed by atoms with Crippen LogP contribution in [0.25, 0.3) is 0 Å². The molecule has 0 bridgehead atoms. The molecular weight excluding hydrogens is 318 g/mol. The number of hydrogen-bond donors (Lipinski definition) is 1. The van der Waals surface area contributed by atoms with Gasteiger partial charge in [0.1, 0.15) is 0 Å². The van der Waals surface area contributed by atoms with Crippen LogP contribution in [0.3, 0.4) is 0 Å². The highest BCUT2D eigenvalue weighted by atomic mass is 35.5. The molecule has 1 saturated carbocycles. The lowest BCUT2D eigenvalue weighted by Crippen LogP contribution is -2.48. The molecule has 1 aliphatic heterocycles. The molecule has 0 radical (unpaired) electrons. The normalized spacial score (nSPS) is 26.5. The Balaban J connectivity index is 1.44. The van der Waals surface area contributed by atoms with Crippen LogP contribution in [0.4, 0.5) is 0 Å². The maximum absolute atomic E-state index is 12.4. The summed E-state index contributed by atoms with van der Waals surface area (Å²) in [6.45, 7) is 4.49. The Bertz CT molecular complexity index is 513. The van der Waals surface area contributed by atoms with Gasteiger partial charge in [0.15, 0.2) is 0 Å². The van der Waals surface area contributed by atoms with Gasteiger partial charge in [-0.2, -0.15) is 0 Å². The predicted molar refractivity (Wildman–Crippen MR) is 91.1 cm³/mol. The van der Waals surface area contributed by atoms with Crippen molar-refractivity contribution in [2.75, 3.05) is 26.2 Å². The maximum atomic E-state index is 12.4. The molecule has 0 aromatic carbocycles. The van der Waals surface area contributed by atoms with Crippen LogP contribution in [0.1, 0.15) is 30.6 Å². The molecule has 2 aliphatic rings. The first-order valence-electron chi connectivity index (χ1n) is 8.12. The van der Waals surface area contributed by atoms with Crippen LogP contribution >= 0.6 is 22.9 Å². The SMILES string of the molecule is N[C@@H]1CCC[C@H]1CC(=O)N1CCN(Cc2ccc(Cl)s2)CC1. The molecule has 122 valence electrons. The Labute approximate surface area is 141 Å². The number of hydrogen-bond acceptors (Lipinski definition) is 4. The van der Waals surface area contributed by atoms with Crippen LogP contribution < -0.4 is 5.73 Å². The third-order valence-corrected chi connectivity index (χ3v) is 6.10. The van der Waals surface area contributed by atoms with Gasteiger partial charge in [-0.1, -0.05) is 18.0 Å². The largest absolute Gasteiger partial charge is 0.340 e. The van der Waals surface area contributed by atoms with Crippen LogP contribution in [-0.4, -0.2) is 47.9 Å². The molecule has 2 N–H and O–H groups in total. The Morgan fingerprint density at radius 1 is 1.27 bits per heavy atom. The van der Waals surface area contributed by atoms with Gasteiger partial charge in [0.05, 0.1) is 4.34 Å². The number of halogens is 1. The van der Waals surface area contributed by atoms with Crippen molar-refractivity contribution in [3.63, 3.8) is 0 Å². The summed E-state index contributed by atoms with van der Waals surface area (Å²) in [6.07, 6.45) is 4.01. The fourth-order valence-corrected chi connectivity index (χ4v) is 4.61. The van der Waals surface area contributed by atoms with Crippen molar-refractivity contribution in [2.24, 2.45) is 11.7 Å². The van der Waals surface area contributed by atoms with Gasteiger partial charge >= 0.3 is 0 Å². The van der Waals surface area contributed by atoms with Crippen LogP contribution in [0, 0.1) is 5.92 Å². The third kappa shape index (κ3) is 4.02. The highest BCUT2D eigenvalue weighted by Gasteiger charge is 2.29. The minimum Gasteiger partial charge on any atom is -0.340 e. The van der Waals surface area contributed by atoms with Gasteiger partial charge in [-0.25, -0.2) is 0 Å². The van der Waals surface area contributed by atoms with Crippen LogP contribution in [0.2, 0.25) is 4.34 Å². The van der Waals surface area contributed by atoms with Gasteiger partial charge in [0.25, 0.3) is 0 Å². The van der Waals surface area contributed by atoms with E-state index in [9.17, 15) is 4.79 Å². The Morgan fingerprint density at radius 2 is 2.05 bits per heavy atom. The van der Waals surface area contributed by atoms with Crippen LogP contribution in [0.5, 0.6) is 0 Å². The smallest absolute Gasteiger partial charge is 0.222 e. The molecule has 0 spiro atoms. The first kappa shape index (κ1) is 16.2. The molecule has 1 aromatic heterocycles. The predicted octanol–water partition coefficient (Wildman–Crippen LogP) is 2.56. The summed E-state index contributed by atoms with van der Waals surface area (Å²) in [4.78, 5) is 18.1. The molecule has 4 nitrogen and oxygen atoms in total. The number of carbonyl (C=O) groups excluding carboxylic acids is 1. The molecule has 1 saturated heterocycles. The molecule has 3 rings (SSSR count). The van der Waals surface area contributed by atoms with Crippen LogP contribution in [0.15, 0.2) is 12.1 Å². The average molecular weight is 342 g/mol. The lowest BCUT2D eigenvalue weighted by atomic mass is 9.99. The second-order valence-electron chi connectivity index (χ2n) is 6.42. The Kier molecular flexibility index (Phi) is 5.39. The van der Waals surface area contributed by atoms with E-state index in [1.54, 1.807) is 11.3 Å². The molecule has 1 aliphatic carbocycles. The van der Waals surface area contributed by atoms with Crippen molar-refractivity contribution in [1.82, 2.24) is 9.80 Å². The zero-order valence-electron chi connectivity index (χ0n) is 12.8. The van der Waals surface area contributed by atoms with Crippen molar-refractivity contribution < 1.29 is 4.79 Å². The molecule has 0 unspecified atom stereocenters. The van der Waals surface area contributed by atoms with Crippen molar-refractivity contribution in [2.45, 2.75) is 38.3 Å². The van der Waals surface area contributed by atoms with E-state index in [1.165, 1.54) is 11.3 Å². The molecule has 1 aromatic rings. The van der Waals surface area contributed by atoms with E-state index in [2.05, 4.69) is 11.0 Å². The summed E-state index contributed by atoms with van der Waals surface area (Å²) in [5, 5.41) is 0. The lowest BCUT2D eigenvalue weighted by Gasteiger charge is -2.35. The van der Waals surface area contributed by atoms with Crippen molar-refractivity contribution >= 4 is 28.8 Å². The quantitative estimate of drug-likeness (QED) is 0.915. The van der Waals surface area contributed by atoms with Gasteiger partial charge in [-0.05, 0) is 30.9 Å². The molecule has 22 heavy (non-hydrogen) atoms. The second-order valence-corrected chi connectivity index (χ2v) is 8.22. The summed E-state index contributed by atoms with van der Waals surface area (Å²) in [7, 11) is 0. The monoisotopic (exact) mass is 341 g/mol. The number of nitrogens with two attached hydrogens (primary N) is 1. The summed E-state index contributed by atoms with van der Waals surface area (Å²) in [5.41, 5.74) is 6.08. The van der Waals surface area contributed by atoms with E-state index in [0.29, 0.717) is 18.2 Å². The number of piperazine rings is 1. The number of rotatable bonds is 4. The van der Waals surface area contributed by atoms with Gasteiger partial charge in [-0.15, -0.1) is 11.3 Å². The summed E-state index contributed by atoms with van der Waals surface area (Å²) >= 11 is 7.61. The van der Waals surface area contributed by atoms with Crippen molar-refractivity contribution in [3.8, 4) is 0 Å². The number of thiophene rings is 1. The highest BCUT2D eigenvalue weighted by molar-refractivity contribution is 7.16. The molecule has 1 amide bonds. The minimum atomic E-state index is 0.230. The van der Waals surface area contributed by atoms with E-state index in [4.69, 9.17) is 17.3 Å². The van der Waals surface area contributed by atoms with Gasteiger partial charge < -0.3 is 10.6 Å². The van der Waals surface area contributed by atoms with Gasteiger partial charge in [0.2, 0.25) is 5.91 Å². The van der Waals surface area contributed by atoms with Gasteiger partial charge in [-0.3, -0.25) is 9.69 Å². The molecule has 2 heterocycles. The third-order valence-electron chi connectivity index (χ3n) is 4.89. The summed E-state index contributed by atoms with van der Waals surface area (Å²) in [5.74, 6) is 0.694. The topological polar surface area (TPSA) is 49.6 Å². The van der Waals surface area contributed by atoms with E-state index in [1.807, 2.05) is 11.0 Å². The second kappa shape index (κ2) is 7.30. The molecular formula is C16H24ClN3OS. The zero-order chi connectivity index (χ0) is 15.5. The van der Waals surface area contributed by atoms with E-state index in [0.717, 1.165) is 49.9 Å². The van der Waals surface area contributed by atoms with E-state index >= 15 is 0 Å². The minimum absolute atomic E-state index is 0.230. The zero-order valence-corrected chi connectivity index (χ0v) is 14.4. The van der Waals surface area contributed by atoms with Crippen molar-refractivity contribution in [3.05, 3.63) is 21.3 Å². The molecule has 2 fully saturated rings. The fraction of sp³-hybridized carbons (Fsp3) is 0.688. The average Bonchev–Trinajstić information content (AvgIpc) is 3.09. The Hall–Kier alpha value is -0.620. The maximum Gasteiger partial charge on any atom is 0.222 e. The molecule has 2 atom stereocenters. The first-order chi connectivity index (χ1) is 10.6. The van der Waals surface area contributed by atoms with E-state index in [-0.39, 0.29) is 6.04 Å². The van der Waals surface area contributed by atoms with Crippen molar-refractivity contribution in [1.29, 1.82) is 0 Å². The lowest BCUT2D eigenvalue weighted by molar-refractivity contribution is -0.134. The van der Waals surface area contributed by atoms with Gasteiger partial charge in [0, 0.05) is 50.1 Å². The summed E-state index contributed by atoms with van der Waals surface area (Å²) < 4.78 is 0.844.